The Bertz CT molecular complexity index is 369. The molecular weight excluding hydrogens is 306 g/mol. The van der Waals surface area contributed by atoms with E-state index in [1.807, 2.05) is 19.9 Å². The second-order valence-electron chi connectivity index (χ2n) is 4.73. The molecule has 0 atom stereocenters. The molecule has 4 nitrogen and oxygen atoms in total. The Balaban J connectivity index is 2.94. The van der Waals surface area contributed by atoms with E-state index in [9.17, 15) is 0 Å². The van der Waals surface area contributed by atoms with Crippen molar-refractivity contribution in [3.63, 3.8) is 0 Å². The van der Waals surface area contributed by atoms with Gasteiger partial charge < -0.3 is 9.64 Å². The van der Waals surface area contributed by atoms with Crippen LogP contribution in [0.25, 0.3) is 0 Å². The first kappa shape index (κ1) is 16.2. The molecule has 0 N–H and O–H groups in total. The summed E-state index contributed by atoms with van der Waals surface area (Å²) < 4.78 is 5.64. The van der Waals surface area contributed by atoms with E-state index in [2.05, 4.69) is 44.6 Å². The average molecular weight is 330 g/mol. The second kappa shape index (κ2) is 8.35. The molecule has 0 amide bonds. The Morgan fingerprint density at radius 1 is 1.26 bits per heavy atom. The normalized spacial score (nSPS) is 11.1. The lowest BCUT2D eigenvalue weighted by molar-refractivity contribution is 0.232. The zero-order valence-corrected chi connectivity index (χ0v) is 13.9. The van der Waals surface area contributed by atoms with E-state index in [0.717, 1.165) is 30.5 Å². The monoisotopic (exact) mass is 329 g/mol. The standard InChI is InChI=1S/C14H24BrN3O/c1-5-12(6-2)18(8-7-15)13-9-14(17-10-16-13)19-11(3)4/h9-12H,5-8H2,1-4H3. The van der Waals surface area contributed by atoms with Crippen molar-refractivity contribution >= 4 is 21.7 Å². The van der Waals surface area contributed by atoms with Crippen molar-refractivity contribution in [2.45, 2.75) is 52.7 Å². The fourth-order valence-corrected chi connectivity index (χ4v) is 2.48. The molecule has 0 fully saturated rings. The van der Waals surface area contributed by atoms with Gasteiger partial charge in [0, 0.05) is 24.0 Å². The van der Waals surface area contributed by atoms with Crippen LogP contribution in [0.3, 0.4) is 0 Å². The van der Waals surface area contributed by atoms with Crippen LogP contribution in [0.4, 0.5) is 5.82 Å². The molecule has 0 saturated carbocycles. The largest absolute Gasteiger partial charge is 0.475 e. The molecule has 0 unspecified atom stereocenters. The molecule has 0 radical (unpaired) electrons. The molecule has 0 aliphatic carbocycles. The molecule has 1 aromatic rings. The van der Waals surface area contributed by atoms with Crippen LogP contribution in [0.15, 0.2) is 12.4 Å². The van der Waals surface area contributed by atoms with Crippen molar-refractivity contribution in [3.8, 4) is 5.88 Å². The third-order valence-corrected chi connectivity index (χ3v) is 3.34. The first-order chi connectivity index (χ1) is 9.12. The molecule has 19 heavy (non-hydrogen) atoms. The lowest BCUT2D eigenvalue weighted by atomic mass is 10.1. The van der Waals surface area contributed by atoms with Crippen LogP contribution in [0.5, 0.6) is 5.88 Å². The Morgan fingerprint density at radius 3 is 2.47 bits per heavy atom. The van der Waals surface area contributed by atoms with Crippen molar-refractivity contribution in [3.05, 3.63) is 12.4 Å². The molecule has 0 saturated heterocycles. The Hall–Kier alpha value is -0.840. The number of hydrogen-bond acceptors (Lipinski definition) is 4. The quantitative estimate of drug-likeness (QED) is 0.682. The van der Waals surface area contributed by atoms with Gasteiger partial charge in [-0.05, 0) is 26.7 Å². The van der Waals surface area contributed by atoms with Crippen LogP contribution < -0.4 is 9.64 Å². The number of alkyl halides is 1. The van der Waals surface area contributed by atoms with Gasteiger partial charge in [-0.15, -0.1) is 0 Å². The van der Waals surface area contributed by atoms with Crippen molar-refractivity contribution in [2.24, 2.45) is 0 Å². The second-order valence-corrected chi connectivity index (χ2v) is 5.53. The van der Waals surface area contributed by atoms with Crippen LogP contribution in [0.1, 0.15) is 40.5 Å². The van der Waals surface area contributed by atoms with E-state index in [-0.39, 0.29) is 6.10 Å². The maximum Gasteiger partial charge on any atom is 0.218 e. The van der Waals surface area contributed by atoms with E-state index < -0.39 is 0 Å². The van der Waals surface area contributed by atoms with Crippen molar-refractivity contribution in [2.75, 3.05) is 16.8 Å². The summed E-state index contributed by atoms with van der Waals surface area (Å²) in [6.07, 6.45) is 3.92. The molecular formula is C14H24BrN3O. The highest BCUT2D eigenvalue weighted by Gasteiger charge is 2.17. The minimum Gasteiger partial charge on any atom is -0.475 e. The molecule has 0 aromatic carbocycles. The SMILES string of the molecule is CCC(CC)N(CCBr)c1cc(OC(C)C)ncn1. The first-order valence-corrected chi connectivity index (χ1v) is 8.05. The molecule has 108 valence electrons. The summed E-state index contributed by atoms with van der Waals surface area (Å²) in [5.41, 5.74) is 0. The smallest absolute Gasteiger partial charge is 0.218 e. The van der Waals surface area contributed by atoms with Crippen LogP contribution in [0.2, 0.25) is 0 Å². The van der Waals surface area contributed by atoms with Gasteiger partial charge >= 0.3 is 0 Å². The number of halogens is 1. The van der Waals surface area contributed by atoms with Gasteiger partial charge in [0.05, 0.1) is 6.10 Å². The molecule has 0 spiro atoms. The van der Waals surface area contributed by atoms with Crippen LogP contribution in [-0.4, -0.2) is 34.0 Å². The molecule has 1 rings (SSSR count). The average Bonchev–Trinajstić information content (AvgIpc) is 2.38. The number of rotatable bonds is 8. The summed E-state index contributed by atoms with van der Waals surface area (Å²) in [6, 6.07) is 2.43. The molecule has 0 aliphatic heterocycles. The molecule has 5 heteroatoms. The van der Waals surface area contributed by atoms with Crippen molar-refractivity contribution < 1.29 is 4.74 Å². The number of ether oxygens (including phenoxy) is 1. The van der Waals surface area contributed by atoms with E-state index in [1.165, 1.54) is 0 Å². The Kier molecular flexibility index (Phi) is 7.13. The van der Waals surface area contributed by atoms with E-state index in [0.29, 0.717) is 11.9 Å². The maximum atomic E-state index is 5.64. The zero-order chi connectivity index (χ0) is 14.3. The fraction of sp³-hybridized carbons (Fsp3) is 0.714. The minimum atomic E-state index is 0.125. The van der Waals surface area contributed by atoms with Gasteiger partial charge in [-0.25, -0.2) is 9.97 Å². The third-order valence-electron chi connectivity index (χ3n) is 2.99. The van der Waals surface area contributed by atoms with Crippen molar-refractivity contribution in [1.29, 1.82) is 0 Å². The molecule has 1 aromatic heterocycles. The highest BCUT2D eigenvalue weighted by Crippen LogP contribution is 2.21. The summed E-state index contributed by atoms with van der Waals surface area (Å²) >= 11 is 3.52. The minimum absolute atomic E-state index is 0.125. The number of hydrogen-bond donors (Lipinski definition) is 0. The molecule has 0 bridgehead atoms. The topological polar surface area (TPSA) is 38.2 Å². The first-order valence-electron chi connectivity index (χ1n) is 6.93. The van der Waals surface area contributed by atoms with Crippen molar-refractivity contribution in [1.82, 2.24) is 9.97 Å². The summed E-state index contributed by atoms with van der Waals surface area (Å²) in [7, 11) is 0. The summed E-state index contributed by atoms with van der Waals surface area (Å²) in [6.45, 7) is 9.35. The van der Waals surface area contributed by atoms with Gasteiger partial charge in [0.25, 0.3) is 0 Å². The Labute approximate surface area is 124 Å². The number of anilines is 1. The molecule has 1 heterocycles. The van der Waals surface area contributed by atoms with Crippen LogP contribution in [-0.2, 0) is 0 Å². The van der Waals surface area contributed by atoms with E-state index >= 15 is 0 Å². The third kappa shape index (κ3) is 4.97. The zero-order valence-electron chi connectivity index (χ0n) is 12.3. The van der Waals surface area contributed by atoms with E-state index in [4.69, 9.17) is 4.74 Å². The summed E-state index contributed by atoms with van der Waals surface area (Å²) in [4.78, 5) is 10.9. The van der Waals surface area contributed by atoms with Crippen LogP contribution >= 0.6 is 15.9 Å². The predicted octanol–water partition coefficient (Wildman–Crippen LogP) is 3.65. The Morgan fingerprint density at radius 2 is 1.95 bits per heavy atom. The lowest BCUT2D eigenvalue weighted by Crippen LogP contribution is -2.36. The van der Waals surface area contributed by atoms with Crippen LogP contribution in [0, 0.1) is 0 Å². The lowest BCUT2D eigenvalue weighted by Gasteiger charge is -2.31. The fourth-order valence-electron chi connectivity index (χ4n) is 2.10. The predicted molar refractivity (Wildman–Crippen MR) is 83.3 cm³/mol. The summed E-state index contributed by atoms with van der Waals surface area (Å²) in [5, 5.41) is 0.924. The van der Waals surface area contributed by atoms with Gasteiger partial charge in [-0.1, -0.05) is 29.8 Å². The maximum absolute atomic E-state index is 5.64. The van der Waals surface area contributed by atoms with Gasteiger partial charge in [0.1, 0.15) is 12.1 Å². The van der Waals surface area contributed by atoms with Gasteiger partial charge in [-0.2, -0.15) is 0 Å². The highest BCUT2D eigenvalue weighted by atomic mass is 79.9. The molecule has 0 aliphatic rings. The highest BCUT2D eigenvalue weighted by molar-refractivity contribution is 9.09. The van der Waals surface area contributed by atoms with Gasteiger partial charge in [-0.3, -0.25) is 0 Å². The number of nitrogens with zero attached hydrogens (tertiary/aromatic N) is 3. The van der Waals surface area contributed by atoms with Gasteiger partial charge in [0.15, 0.2) is 0 Å². The van der Waals surface area contributed by atoms with E-state index in [1.54, 1.807) is 6.33 Å². The number of aromatic nitrogens is 2. The van der Waals surface area contributed by atoms with Gasteiger partial charge in [0.2, 0.25) is 5.88 Å². The summed E-state index contributed by atoms with van der Waals surface area (Å²) in [5.74, 6) is 1.59.